The van der Waals surface area contributed by atoms with Crippen molar-refractivity contribution in [2.24, 2.45) is 12.8 Å². The highest BCUT2D eigenvalue weighted by atomic mass is 16.1. The van der Waals surface area contributed by atoms with Gasteiger partial charge in [-0.05, 0) is 0 Å². The summed E-state index contributed by atoms with van der Waals surface area (Å²) in [6, 6.07) is 0. The molecule has 0 saturated carbocycles. The number of nitrogens with two attached hydrogens (primary N) is 1. The van der Waals surface area contributed by atoms with Crippen LogP contribution in [0.25, 0.3) is 5.52 Å². The van der Waals surface area contributed by atoms with Gasteiger partial charge in [-0.1, -0.05) is 0 Å². The van der Waals surface area contributed by atoms with Crippen LogP contribution in [0.1, 0.15) is 15.9 Å². The van der Waals surface area contributed by atoms with Crippen molar-refractivity contribution in [3.05, 3.63) is 42.1 Å². The maximum atomic E-state index is 12.3. The highest BCUT2D eigenvalue weighted by molar-refractivity contribution is 6.08. The van der Waals surface area contributed by atoms with E-state index in [1.165, 1.54) is 6.20 Å². The smallest absolute Gasteiger partial charge is 0.260 e. The molecule has 0 saturated heterocycles. The van der Waals surface area contributed by atoms with E-state index in [9.17, 15) is 4.79 Å². The summed E-state index contributed by atoms with van der Waals surface area (Å²) in [5.74, 6) is 0.171. The SMILES string of the molecule is Cn1cc(CN)c(NC(=O)c2cnn3ccncc23)n1. The number of nitrogens with zero attached hydrogens (tertiary/aromatic N) is 5. The largest absolute Gasteiger partial charge is 0.326 e. The standard InChI is InChI=1S/C12H13N7O/c1-18-7-8(4-13)11(17-18)16-12(20)9-5-15-19-3-2-14-6-10(9)19/h2-3,5-7H,4,13H2,1H3,(H,16,17,20). The molecule has 0 aliphatic carbocycles. The van der Waals surface area contributed by atoms with E-state index in [1.807, 2.05) is 0 Å². The topological polar surface area (TPSA) is 103 Å². The number of aromatic nitrogens is 5. The van der Waals surface area contributed by atoms with Gasteiger partial charge < -0.3 is 11.1 Å². The Hall–Kier alpha value is -2.74. The lowest BCUT2D eigenvalue weighted by molar-refractivity contribution is 0.102. The van der Waals surface area contributed by atoms with Crippen molar-refractivity contribution >= 4 is 17.2 Å². The molecule has 0 radical (unpaired) electrons. The van der Waals surface area contributed by atoms with Gasteiger partial charge in [0.25, 0.3) is 5.91 Å². The Bertz CT molecular complexity index is 773. The molecule has 0 bridgehead atoms. The van der Waals surface area contributed by atoms with Gasteiger partial charge in [-0.25, -0.2) is 4.52 Å². The minimum Gasteiger partial charge on any atom is -0.326 e. The molecule has 3 rings (SSSR count). The van der Waals surface area contributed by atoms with E-state index in [1.54, 1.807) is 41.0 Å². The summed E-state index contributed by atoms with van der Waals surface area (Å²) in [6.45, 7) is 0.305. The molecule has 20 heavy (non-hydrogen) atoms. The fourth-order valence-electron chi connectivity index (χ4n) is 1.98. The van der Waals surface area contributed by atoms with Crippen molar-refractivity contribution < 1.29 is 4.79 Å². The maximum absolute atomic E-state index is 12.3. The number of hydrogen-bond donors (Lipinski definition) is 2. The minimum atomic E-state index is -0.290. The third kappa shape index (κ3) is 2.01. The van der Waals surface area contributed by atoms with Crippen molar-refractivity contribution in [1.82, 2.24) is 24.4 Å². The van der Waals surface area contributed by atoms with Gasteiger partial charge in [0.05, 0.1) is 23.5 Å². The summed E-state index contributed by atoms with van der Waals surface area (Å²) in [5.41, 5.74) is 7.46. The zero-order valence-corrected chi connectivity index (χ0v) is 10.8. The monoisotopic (exact) mass is 271 g/mol. The number of hydrogen-bond acceptors (Lipinski definition) is 5. The van der Waals surface area contributed by atoms with Crippen LogP contribution in [0.5, 0.6) is 0 Å². The Morgan fingerprint density at radius 3 is 3.10 bits per heavy atom. The zero-order chi connectivity index (χ0) is 14.1. The highest BCUT2D eigenvalue weighted by Gasteiger charge is 2.16. The summed E-state index contributed by atoms with van der Waals surface area (Å²) < 4.78 is 3.19. The van der Waals surface area contributed by atoms with Crippen LogP contribution in [0.3, 0.4) is 0 Å². The number of amides is 1. The van der Waals surface area contributed by atoms with Crippen LogP contribution < -0.4 is 11.1 Å². The van der Waals surface area contributed by atoms with Gasteiger partial charge in [-0.15, -0.1) is 0 Å². The van der Waals surface area contributed by atoms with Crippen LogP contribution in [0.2, 0.25) is 0 Å². The van der Waals surface area contributed by atoms with E-state index in [-0.39, 0.29) is 5.91 Å². The first-order chi connectivity index (χ1) is 9.69. The summed E-state index contributed by atoms with van der Waals surface area (Å²) in [7, 11) is 1.77. The molecule has 3 aromatic rings. The second kappa shape index (κ2) is 4.74. The lowest BCUT2D eigenvalue weighted by Crippen LogP contribution is -2.14. The average molecular weight is 271 g/mol. The summed E-state index contributed by atoms with van der Waals surface area (Å²) >= 11 is 0. The number of rotatable bonds is 3. The second-order valence-corrected chi connectivity index (χ2v) is 4.30. The predicted molar refractivity (Wildman–Crippen MR) is 72.0 cm³/mol. The molecular weight excluding hydrogens is 258 g/mol. The Balaban J connectivity index is 1.93. The first-order valence-electron chi connectivity index (χ1n) is 6.00. The van der Waals surface area contributed by atoms with E-state index < -0.39 is 0 Å². The van der Waals surface area contributed by atoms with E-state index >= 15 is 0 Å². The molecule has 102 valence electrons. The number of carbonyl (C=O) groups is 1. The number of carbonyl (C=O) groups excluding carboxylic acids is 1. The average Bonchev–Trinajstić information content (AvgIpc) is 3.02. The Morgan fingerprint density at radius 1 is 1.45 bits per heavy atom. The molecule has 0 unspecified atom stereocenters. The molecular formula is C12H13N7O. The first-order valence-corrected chi connectivity index (χ1v) is 6.00. The van der Waals surface area contributed by atoms with E-state index in [0.29, 0.717) is 23.4 Å². The molecule has 0 aliphatic rings. The molecule has 3 heterocycles. The number of nitrogens with one attached hydrogen (secondary N) is 1. The van der Waals surface area contributed by atoms with Crippen LogP contribution in [0, 0.1) is 0 Å². The van der Waals surface area contributed by atoms with Crippen LogP contribution in [0.4, 0.5) is 5.82 Å². The van der Waals surface area contributed by atoms with Crippen LogP contribution in [-0.2, 0) is 13.6 Å². The maximum Gasteiger partial charge on any atom is 0.260 e. The van der Waals surface area contributed by atoms with Crippen molar-refractivity contribution in [3.8, 4) is 0 Å². The Labute approximate surface area is 114 Å². The van der Waals surface area contributed by atoms with E-state index in [2.05, 4.69) is 20.5 Å². The molecule has 8 heteroatoms. The minimum absolute atomic E-state index is 0.290. The van der Waals surface area contributed by atoms with E-state index in [4.69, 9.17) is 5.73 Å². The summed E-state index contributed by atoms with van der Waals surface area (Å²) in [6.07, 6.45) is 8.14. The highest BCUT2D eigenvalue weighted by Crippen LogP contribution is 2.15. The summed E-state index contributed by atoms with van der Waals surface area (Å²) in [5, 5.41) is 11.0. The van der Waals surface area contributed by atoms with Crippen molar-refractivity contribution in [2.75, 3.05) is 5.32 Å². The normalized spacial score (nSPS) is 10.9. The Kier molecular flexibility index (Phi) is 2.92. The second-order valence-electron chi connectivity index (χ2n) is 4.30. The molecule has 0 aromatic carbocycles. The fourth-order valence-corrected chi connectivity index (χ4v) is 1.98. The molecule has 0 atom stereocenters. The number of fused-ring (bicyclic) bond motifs is 1. The predicted octanol–water partition coefficient (Wildman–Crippen LogP) is 0.174. The molecule has 3 N–H and O–H groups in total. The van der Waals surface area contributed by atoms with Gasteiger partial charge >= 0.3 is 0 Å². The van der Waals surface area contributed by atoms with Gasteiger partial charge in [0.15, 0.2) is 5.82 Å². The number of aryl methyl sites for hydroxylation is 1. The molecule has 1 amide bonds. The van der Waals surface area contributed by atoms with Crippen LogP contribution >= 0.6 is 0 Å². The molecule has 0 aliphatic heterocycles. The quantitative estimate of drug-likeness (QED) is 0.707. The zero-order valence-electron chi connectivity index (χ0n) is 10.8. The lowest BCUT2D eigenvalue weighted by Gasteiger charge is -2.02. The molecule has 3 aromatic heterocycles. The van der Waals surface area contributed by atoms with Crippen LogP contribution in [0.15, 0.2) is 31.0 Å². The fraction of sp³-hybridized carbons (Fsp3) is 0.167. The van der Waals surface area contributed by atoms with Crippen molar-refractivity contribution in [3.63, 3.8) is 0 Å². The molecule has 0 fully saturated rings. The van der Waals surface area contributed by atoms with Gasteiger partial charge in [0.1, 0.15) is 0 Å². The number of anilines is 1. The van der Waals surface area contributed by atoms with E-state index in [0.717, 1.165) is 5.56 Å². The third-order valence-electron chi connectivity index (χ3n) is 2.93. The third-order valence-corrected chi connectivity index (χ3v) is 2.93. The molecule has 8 nitrogen and oxygen atoms in total. The van der Waals surface area contributed by atoms with Crippen molar-refractivity contribution in [2.45, 2.75) is 6.54 Å². The van der Waals surface area contributed by atoms with Crippen molar-refractivity contribution in [1.29, 1.82) is 0 Å². The molecule has 0 spiro atoms. The van der Waals surface area contributed by atoms with Gasteiger partial charge in [0.2, 0.25) is 0 Å². The van der Waals surface area contributed by atoms with Gasteiger partial charge in [-0.2, -0.15) is 10.2 Å². The van der Waals surface area contributed by atoms with Gasteiger partial charge in [-0.3, -0.25) is 14.5 Å². The lowest BCUT2D eigenvalue weighted by atomic mass is 10.2. The Morgan fingerprint density at radius 2 is 2.30 bits per heavy atom. The first kappa shape index (κ1) is 12.3. The van der Waals surface area contributed by atoms with Crippen LogP contribution in [-0.4, -0.2) is 30.3 Å². The van der Waals surface area contributed by atoms with Gasteiger partial charge in [0, 0.05) is 37.7 Å². The summed E-state index contributed by atoms with van der Waals surface area (Å²) in [4.78, 5) is 16.3.